The molecule has 2 saturated carbocycles. The van der Waals surface area contributed by atoms with Crippen LogP contribution in [0.25, 0.3) is 0 Å². The predicted molar refractivity (Wildman–Crippen MR) is 83.1 cm³/mol. The van der Waals surface area contributed by atoms with Gasteiger partial charge in [0.05, 0.1) is 17.5 Å². The minimum Gasteiger partial charge on any atom is -0.274 e. The van der Waals surface area contributed by atoms with Crippen molar-refractivity contribution in [2.45, 2.75) is 20.3 Å². The lowest BCUT2D eigenvalue weighted by Crippen LogP contribution is -2.40. The monoisotopic (exact) mass is 293 g/mol. The molecule has 1 aromatic rings. The number of amides is 2. The molecule has 112 valence electrons. The molecule has 3 heteroatoms. The Hall–Kier alpha value is -1.90. The molecule has 0 radical (unpaired) electrons. The Morgan fingerprint density at radius 1 is 0.955 bits per heavy atom. The second-order valence-corrected chi connectivity index (χ2v) is 7.39. The number of carbonyl (C=O) groups excluding carboxylic acids is 2. The van der Waals surface area contributed by atoms with Crippen LogP contribution in [0.5, 0.6) is 0 Å². The van der Waals surface area contributed by atoms with E-state index >= 15 is 0 Å². The number of rotatable bonds is 1. The molecule has 2 amide bonds. The fourth-order valence-electron chi connectivity index (χ4n) is 5.17. The normalized spacial score (nSPS) is 40.9. The molecule has 4 aliphatic carbocycles. The zero-order valence-electron chi connectivity index (χ0n) is 12.8. The summed E-state index contributed by atoms with van der Waals surface area (Å²) in [5.41, 5.74) is 2.95. The summed E-state index contributed by atoms with van der Waals surface area (Å²) in [7, 11) is 0. The Morgan fingerprint density at radius 2 is 1.55 bits per heavy atom. The highest BCUT2D eigenvalue weighted by Crippen LogP contribution is 2.65. The van der Waals surface area contributed by atoms with E-state index in [1.54, 1.807) is 0 Å². The Morgan fingerprint density at radius 3 is 2.14 bits per heavy atom. The number of benzene rings is 1. The summed E-state index contributed by atoms with van der Waals surface area (Å²) in [5, 5.41) is 0. The van der Waals surface area contributed by atoms with Crippen molar-refractivity contribution in [1.29, 1.82) is 0 Å². The van der Waals surface area contributed by atoms with Gasteiger partial charge in [0.2, 0.25) is 11.8 Å². The second-order valence-electron chi connectivity index (χ2n) is 7.39. The molecule has 2 bridgehead atoms. The van der Waals surface area contributed by atoms with Gasteiger partial charge in [-0.25, -0.2) is 4.90 Å². The molecule has 3 fully saturated rings. The minimum absolute atomic E-state index is 0.0356. The van der Waals surface area contributed by atoms with Gasteiger partial charge in [-0.1, -0.05) is 24.3 Å². The fourth-order valence-corrected chi connectivity index (χ4v) is 5.17. The van der Waals surface area contributed by atoms with E-state index in [1.807, 2.05) is 32.0 Å². The van der Waals surface area contributed by atoms with Gasteiger partial charge < -0.3 is 0 Å². The molecule has 3 nitrogen and oxygen atoms in total. The van der Waals surface area contributed by atoms with E-state index in [4.69, 9.17) is 0 Å². The van der Waals surface area contributed by atoms with Crippen molar-refractivity contribution in [3.8, 4) is 0 Å². The van der Waals surface area contributed by atoms with Gasteiger partial charge in [-0.3, -0.25) is 9.59 Å². The van der Waals surface area contributed by atoms with Gasteiger partial charge in [0, 0.05) is 0 Å². The van der Waals surface area contributed by atoms with Crippen LogP contribution >= 0.6 is 0 Å². The first-order valence-corrected chi connectivity index (χ1v) is 8.22. The summed E-state index contributed by atoms with van der Waals surface area (Å²) >= 11 is 0. The zero-order chi connectivity index (χ0) is 15.2. The third-order valence-corrected chi connectivity index (χ3v) is 6.48. The summed E-state index contributed by atoms with van der Waals surface area (Å²) in [6.07, 6.45) is 5.65. The van der Waals surface area contributed by atoms with Crippen LogP contribution in [0.3, 0.4) is 0 Å². The van der Waals surface area contributed by atoms with Gasteiger partial charge in [-0.15, -0.1) is 0 Å². The number of hydrogen-bond donors (Lipinski definition) is 0. The molecule has 0 aromatic heterocycles. The maximum Gasteiger partial charge on any atom is 0.238 e. The molecule has 0 unspecified atom stereocenters. The zero-order valence-corrected chi connectivity index (χ0v) is 12.8. The van der Waals surface area contributed by atoms with Crippen LogP contribution in [0.4, 0.5) is 5.69 Å². The van der Waals surface area contributed by atoms with Crippen molar-refractivity contribution in [2.75, 3.05) is 4.90 Å². The molecule has 0 N–H and O–H groups in total. The van der Waals surface area contributed by atoms with E-state index in [-0.39, 0.29) is 23.7 Å². The lowest BCUT2D eigenvalue weighted by atomic mass is 9.63. The van der Waals surface area contributed by atoms with Crippen molar-refractivity contribution < 1.29 is 9.59 Å². The lowest BCUT2D eigenvalue weighted by Gasteiger charge is -2.37. The van der Waals surface area contributed by atoms with Crippen molar-refractivity contribution in [1.82, 2.24) is 0 Å². The van der Waals surface area contributed by atoms with Gasteiger partial charge in [0.25, 0.3) is 0 Å². The van der Waals surface area contributed by atoms with Crippen molar-refractivity contribution >= 4 is 17.5 Å². The smallest absolute Gasteiger partial charge is 0.238 e. The fraction of sp³-hybridized carbons (Fsp3) is 0.474. The predicted octanol–water partition coefficient (Wildman–Crippen LogP) is 2.86. The Kier molecular flexibility index (Phi) is 2.23. The highest BCUT2D eigenvalue weighted by molar-refractivity contribution is 6.23. The van der Waals surface area contributed by atoms with Crippen LogP contribution < -0.4 is 4.90 Å². The summed E-state index contributed by atoms with van der Waals surface area (Å²) in [6, 6.07) is 5.87. The number of carbonyl (C=O) groups is 2. The molecular formula is C19H19NO2. The first-order valence-electron chi connectivity index (χ1n) is 8.22. The number of nitrogens with zero attached hydrogens (tertiary/aromatic N) is 1. The number of allylic oxidation sites excluding steroid dienone is 2. The Balaban J connectivity index is 1.62. The first kappa shape index (κ1) is 12.6. The SMILES string of the molecule is Cc1cccc(N2C(=O)[C@@H]3[C@H]4C=C[C@@H]([C@@H]5C[C@H]45)[C@H]3C2=O)c1C. The molecule has 22 heavy (non-hydrogen) atoms. The Labute approximate surface area is 130 Å². The van der Waals surface area contributed by atoms with Crippen molar-refractivity contribution in [2.24, 2.45) is 35.5 Å². The second kappa shape index (κ2) is 3.89. The molecule has 0 spiro atoms. The van der Waals surface area contributed by atoms with Crippen molar-refractivity contribution in [3.05, 3.63) is 41.5 Å². The van der Waals surface area contributed by atoms with Crippen LogP contribution in [-0.2, 0) is 9.59 Å². The number of imide groups is 1. The molecule has 1 aliphatic heterocycles. The average molecular weight is 293 g/mol. The molecule has 6 rings (SSSR count). The number of hydrogen-bond acceptors (Lipinski definition) is 2. The summed E-state index contributed by atoms with van der Waals surface area (Å²) in [4.78, 5) is 27.6. The van der Waals surface area contributed by atoms with Gasteiger partial charge in [0.1, 0.15) is 0 Å². The van der Waals surface area contributed by atoms with E-state index in [0.717, 1.165) is 16.8 Å². The standard InChI is InChI=1S/C19H19NO2/c1-9-4-3-5-15(10(9)2)20-18(21)16-11-6-7-12(14-8-13(11)14)17(16)19(20)22/h3-7,11-14,16-17H,8H2,1-2H3/t11-,12-,13-,14+,16+,17+/m0/s1. The molecule has 5 aliphatic rings. The van der Waals surface area contributed by atoms with E-state index in [2.05, 4.69) is 12.2 Å². The Bertz CT molecular complexity index is 714. The van der Waals surface area contributed by atoms with Gasteiger partial charge in [-0.05, 0) is 61.1 Å². The van der Waals surface area contributed by atoms with E-state index < -0.39 is 0 Å². The minimum atomic E-state index is -0.105. The third-order valence-electron chi connectivity index (χ3n) is 6.48. The van der Waals surface area contributed by atoms with Crippen LogP contribution in [-0.4, -0.2) is 11.8 Å². The average Bonchev–Trinajstić information content (AvgIpc) is 3.28. The molecule has 1 aromatic carbocycles. The van der Waals surface area contributed by atoms with Crippen LogP contribution in [0, 0.1) is 49.4 Å². The molecule has 1 saturated heterocycles. The van der Waals surface area contributed by atoms with E-state index in [9.17, 15) is 9.59 Å². The summed E-state index contributed by atoms with van der Waals surface area (Å²) < 4.78 is 0. The molecule has 6 atom stereocenters. The number of anilines is 1. The van der Waals surface area contributed by atoms with Crippen molar-refractivity contribution in [3.63, 3.8) is 0 Å². The van der Waals surface area contributed by atoms with Gasteiger partial charge >= 0.3 is 0 Å². The van der Waals surface area contributed by atoms with E-state index in [0.29, 0.717) is 23.7 Å². The lowest BCUT2D eigenvalue weighted by molar-refractivity contribution is -0.124. The van der Waals surface area contributed by atoms with Gasteiger partial charge in [-0.2, -0.15) is 0 Å². The van der Waals surface area contributed by atoms with E-state index in [1.165, 1.54) is 11.3 Å². The maximum atomic E-state index is 13.0. The highest BCUT2D eigenvalue weighted by atomic mass is 16.2. The number of aryl methyl sites for hydroxylation is 1. The largest absolute Gasteiger partial charge is 0.274 e. The first-order chi connectivity index (χ1) is 10.6. The summed E-state index contributed by atoms with van der Waals surface area (Å²) in [6.45, 7) is 4.02. The topological polar surface area (TPSA) is 37.4 Å². The van der Waals surface area contributed by atoms with Crippen LogP contribution in [0.2, 0.25) is 0 Å². The van der Waals surface area contributed by atoms with Gasteiger partial charge in [0.15, 0.2) is 0 Å². The maximum absolute atomic E-state index is 13.0. The summed E-state index contributed by atoms with van der Waals surface area (Å²) in [5.74, 6) is 1.77. The van der Waals surface area contributed by atoms with Crippen LogP contribution in [0.15, 0.2) is 30.4 Å². The highest BCUT2D eigenvalue weighted by Gasteiger charge is 2.67. The van der Waals surface area contributed by atoms with Crippen LogP contribution in [0.1, 0.15) is 17.5 Å². The molecular weight excluding hydrogens is 274 g/mol. The third kappa shape index (κ3) is 1.33. The quantitative estimate of drug-likeness (QED) is 0.590. The molecule has 1 heterocycles.